The Balaban J connectivity index is 2.88. The molecule has 0 aliphatic rings. The van der Waals surface area contributed by atoms with Crippen molar-refractivity contribution < 1.29 is 14.6 Å². The molecule has 0 fully saturated rings. The highest BCUT2D eigenvalue weighted by Gasteiger charge is 2.17. The van der Waals surface area contributed by atoms with E-state index in [1.54, 1.807) is 0 Å². The Bertz CT molecular complexity index is 519. The van der Waals surface area contributed by atoms with Crippen molar-refractivity contribution in [3.63, 3.8) is 0 Å². The van der Waals surface area contributed by atoms with E-state index in [0.717, 1.165) is 18.6 Å². The molecule has 0 aliphatic carbocycles. The molecular weight excluding hydrogens is 288 g/mol. The molecule has 1 aromatic carbocycles. The van der Waals surface area contributed by atoms with Crippen LogP contribution in [0.5, 0.6) is 5.75 Å². The molecule has 0 amide bonds. The summed E-state index contributed by atoms with van der Waals surface area (Å²) in [5, 5.41) is 10.5. The molecule has 1 rings (SSSR count). The van der Waals surface area contributed by atoms with Gasteiger partial charge in [0.25, 0.3) is 0 Å². The van der Waals surface area contributed by atoms with E-state index in [1.807, 2.05) is 6.07 Å². The van der Waals surface area contributed by atoms with Crippen LogP contribution in [-0.4, -0.2) is 12.6 Å². The first-order valence-corrected chi connectivity index (χ1v) is 8.41. The second-order valence-electron chi connectivity index (χ2n) is 8.74. The van der Waals surface area contributed by atoms with Gasteiger partial charge in [0.15, 0.2) is 0 Å². The molecule has 23 heavy (non-hydrogen) atoms. The summed E-state index contributed by atoms with van der Waals surface area (Å²) in [5.41, 5.74) is 2.94. The van der Waals surface area contributed by atoms with Gasteiger partial charge in [-0.05, 0) is 53.7 Å². The van der Waals surface area contributed by atoms with Gasteiger partial charge in [0, 0.05) is 5.97 Å². The number of carboxylic acid groups (broad SMARTS) is 1. The zero-order valence-corrected chi connectivity index (χ0v) is 15.5. The van der Waals surface area contributed by atoms with Crippen LogP contribution in [0.3, 0.4) is 0 Å². The Morgan fingerprint density at radius 1 is 1.04 bits per heavy atom. The first kappa shape index (κ1) is 19.5. The maximum Gasteiger partial charge on any atom is 0.122 e. The summed E-state index contributed by atoms with van der Waals surface area (Å²) >= 11 is 0. The Hall–Kier alpha value is -1.51. The van der Waals surface area contributed by atoms with Crippen molar-refractivity contribution in [3.8, 4) is 5.75 Å². The Morgan fingerprint density at radius 2 is 1.65 bits per heavy atom. The minimum atomic E-state index is -1.02. The molecule has 0 atom stereocenters. The normalized spacial score (nSPS) is 12.3. The zero-order valence-electron chi connectivity index (χ0n) is 15.5. The predicted octanol–water partition coefficient (Wildman–Crippen LogP) is 3.77. The molecular formula is C20H31O3-. The van der Waals surface area contributed by atoms with Crippen LogP contribution in [0.15, 0.2) is 18.2 Å². The fourth-order valence-electron chi connectivity index (χ4n) is 2.60. The zero-order chi connectivity index (χ0) is 17.7. The van der Waals surface area contributed by atoms with Crippen LogP contribution in [0.2, 0.25) is 0 Å². The molecule has 0 spiro atoms. The molecule has 1 aromatic rings. The van der Waals surface area contributed by atoms with Crippen LogP contribution >= 0.6 is 0 Å². The molecule has 0 saturated carbocycles. The monoisotopic (exact) mass is 319 g/mol. The van der Waals surface area contributed by atoms with Crippen LogP contribution in [0.1, 0.15) is 65.5 Å². The van der Waals surface area contributed by atoms with Crippen LogP contribution in [-0.2, 0) is 17.6 Å². The highest BCUT2D eigenvalue weighted by Crippen LogP contribution is 2.30. The lowest BCUT2D eigenvalue weighted by Gasteiger charge is -2.23. The molecule has 0 unspecified atom stereocenters. The van der Waals surface area contributed by atoms with E-state index < -0.39 is 5.97 Å². The van der Waals surface area contributed by atoms with E-state index in [9.17, 15) is 9.90 Å². The summed E-state index contributed by atoms with van der Waals surface area (Å²) in [4.78, 5) is 10.5. The Labute approximate surface area is 141 Å². The maximum atomic E-state index is 10.5. The lowest BCUT2D eigenvalue weighted by molar-refractivity contribution is -0.305. The van der Waals surface area contributed by atoms with Crippen molar-refractivity contribution in [1.82, 2.24) is 0 Å². The summed E-state index contributed by atoms with van der Waals surface area (Å²) in [6, 6.07) is 6.39. The smallest absolute Gasteiger partial charge is 0.122 e. The van der Waals surface area contributed by atoms with Crippen molar-refractivity contribution in [2.24, 2.45) is 10.8 Å². The summed E-state index contributed by atoms with van der Waals surface area (Å²) in [6.45, 7) is 13.8. The van der Waals surface area contributed by atoms with E-state index in [0.29, 0.717) is 13.0 Å². The van der Waals surface area contributed by atoms with Gasteiger partial charge >= 0.3 is 0 Å². The number of carbonyl (C=O) groups is 1. The van der Waals surface area contributed by atoms with Gasteiger partial charge in [-0.25, -0.2) is 0 Å². The second kappa shape index (κ2) is 7.85. The van der Waals surface area contributed by atoms with Crippen LogP contribution in [0.4, 0.5) is 0 Å². The van der Waals surface area contributed by atoms with Crippen LogP contribution in [0.25, 0.3) is 0 Å². The fraction of sp³-hybridized carbons (Fsp3) is 0.650. The lowest BCUT2D eigenvalue weighted by Crippen LogP contribution is -2.22. The minimum absolute atomic E-state index is 0.0384. The highest BCUT2D eigenvalue weighted by molar-refractivity contribution is 5.64. The van der Waals surface area contributed by atoms with E-state index in [-0.39, 0.29) is 17.3 Å². The first-order valence-electron chi connectivity index (χ1n) is 8.41. The molecule has 0 aliphatic heterocycles. The SMILES string of the molecule is CC(C)(C)Cc1ccc(OCCCC(=O)[O-])c(CC(C)(C)C)c1. The average molecular weight is 319 g/mol. The first-order chi connectivity index (χ1) is 10.5. The molecule has 0 bridgehead atoms. The minimum Gasteiger partial charge on any atom is -0.550 e. The molecule has 0 heterocycles. The van der Waals surface area contributed by atoms with Crippen molar-refractivity contribution in [2.45, 2.75) is 67.2 Å². The number of benzene rings is 1. The van der Waals surface area contributed by atoms with Crippen molar-refractivity contribution >= 4 is 5.97 Å². The van der Waals surface area contributed by atoms with Gasteiger partial charge in [-0.15, -0.1) is 0 Å². The maximum absolute atomic E-state index is 10.5. The average Bonchev–Trinajstić information content (AvgIpc) is 2.32. The van der Waals surface area contributed by atoms with E-state index in [4.69, 9.17) is 4.74 Å². The number of carboxylic acids is 1. The van der Waals surface area contributed by atoms with Gasteiger partial charge in [-0.2, -0.15) is 0 Å². The van der Waals surface area contributed by atoms with Gasteiger partial charge in [-0.1, -0.05) is 53.7 Å². The van der Waals surface area contributed by atoms with E-state index in [2.05, 4.69) is 53.7 Å². The summed E-state index contributed by atoms with van der Waals surface area (Å²) in [5.74, 6) is -0.153. The third-order valence-corrected chi connectivity index (χ3v) is 3.36. The standard InChI is InChI=1S/C20H32O3/c1-19(2,3)13-15-9-10-17(23-11-7-8-18(21)22)16(12-15)14-20(4,5)6/h9-10,12H,7-8,11,13-14H2,1-6H3,(H,21,22)/p-1. The van der Waals surface area contributed by atoms with Crippen molar-refractivity contribution in [3.05, 3.63) is 29.3 Å². The van der Waals surface area contributed by atoms with Crippen molar-refractivity contribution in [1.29, 1.82) is 0 Å². The number of ether oxygens (including phenoxy) is 1. The Morgan fingerprint density at radius 3 is 2.17 bits per heavy atom. The molecule has 3 heteroatoms. The predicted molar refractivity (Wildman–Crippen MR) is 92.5 cm³/mol. The topological polar surface area (TPSA) is 49.4 Å². The quantitative estimate of drug-likeness (QED) is 0.719. The fourth-order valence-corrected chi connectivity index (χ4v) is 2.60. The number of rotatable bonds is 7. The Kier molecular flexibility index (Phi) is 6.67. The van der Waals surface area contributed by atoms with Gasteiger partial charge in [0.1, 0.15) is 5.75 Å². The third-order valence-electron chi connectivity index (χ3n) is 3.36. The number of carbonyl (C=O) groups excluding carboxylic acids is 1. The molecule has 3 nitrogen and oxygen atoms in total. The number of aliphatic carboxylic acids is 1. The van der Waals surface area contributed by atoms with Crippen molar-refractivity contribution in [2.75, 3.05) is 6.61 Å². The molecule has 0 radical (unpaired) electrons. The van der Waals surface area contributed by atoms with Gasteiger partial charge in [-0.3, -0.25) is 0 Å². The summed E-state index contributed by atoms with van der Waals surface area (Å²) in [7, 11) is 0. The molecule has 0 aromatic heterocycles. The van der Waals surface area contributed by atoms with Gasteiger partial charge in [0.2, 0.25) is 0 Å². The number of hydrogen-bond donors (Lipinski definition) is 0. The highest BCUT2D eigenvalue weighted by atomic mass is 16.5. The van der Waals surface area contributed by atoms with Gasteiger partial charge < -0.3 is 14.6 Å². The number of hydrogen-bond acceptors (Lipinski definition) is 3. The third kappa shape index (κ3) is 8.63. The second-order valence-corrected chi connectivity index (χ2v) is 8.74. The summed E-state index contributed by atoms with van der Waals surface area (Å²) < 4.78 is 5.83. The van der Waals surface area contributed by atoms with Crippen LogP contribution < -0.4 is 9.84 Å². The lowest BCUT2D eigenvalue weighted by atomic mass is 9.84. The summed E-state index contributed by atoms with van der Waals surface area (Å²) in [6.07, 6.45) is 2.47. The van der Waals surface area contributed by atoms with Crippen LogP contribution in [0, 0.1) is 10.8 Å². The largest absolute Gasteiger partial charge is 0.550 e. The molecule has 0 N–H and O–H groups in total. The molecule has 0 saturated heterocycles. The van der Waals surface area contributed by atoms with Gasteiger partial charge in [0.05, 0.1) is 6.61 Å². The molecule has 130 valence electrons. The van der Waals surface area contributed by atoms with E-state index >= 15 is 0 Å². The van der Waals surface area contributed by atoms with E-state index in [1.165, 1.54) is 11.1 Å².